The monoisotopic (exact) mass is 448 g/mol. The van der Waals surface area contributed by atoms with Crippen molar-refractivity contribution in [1.29, 1.82) is 0 Å². The van der Waals surface area contributed by atoms with Gasteiger partial charge in [-0.15, -0.1) is 0 Å². The minimum absolute atomic E-state index is 0.0555. The van der Waals surface area contributed by atoms with E-state index < -0.39 is 22.0 Å². The Bertz CT molecular complexity index is 900. The fraction of sp³-hybridized carbons (Fsp3) is 0.474. The zero-order valence-corrected chi connectivity index (χ0v) is 16.9. The number of alkyl halides is 3. The molecule has 1 amide bonds. The number of aliphatic carboxylic acids is 1. The lowest BCUT2D eigenvalue weighted by Gasteiger charge is -2.31. The first-order chi connectivity index (χ1) is 14.0. The molecule has 0 aliphatic carbocycles. The van der Waals surface area contributed by atoms with Crippen LogP contribution in [0.15, 0.2) is 35.7 Å². The van der Waals surface area contributed by atoms with Crippen LogP contribution in [0.1, 0.15) is 18.4 Å². The van der Waals surface area contributed by atoms with Gasteiger partial charge in [0.25, 0.3) is 0 Å². The van der Waals surface area contributed by atoms with Crippen molar-refractivity contribution < 1.29 is 36.3 Å². The Kier molecular flexibility index (Phi) is 7.88. The molecule has 2 aliphatic heterocycles. The van der Waals surface area contributed by atoms with Crippen LogP contribution >= 0.6 is 0 Å². The smallest absolute Gasteiger partial charge is 0.475 e. The number of aryl methyl sites for hydroxylation is 1. The fourth-order valence-corrected chi connectivity index (χ4v) is 4.65. The number of rotatable bonds is 5. The Labute approximate surface area is 172 Å². The predicted molar refractivity (Wildman–Crippen MR) is 105 cm³/mol. The van der Waals surface area contributed by atoms with Gasteiger partial charge in [0.1, 0.15) is 0 Å². The molecule has 0 aromatic heterocycles. The molecule has 0 spiro atoms. The lowest BCUT2D eigenvalue weighted by Crippen LogP contribution is -2.38. The number of carboxylic acids is 1. The minimum atomic E-state index is -5.08. The molecule has 0 fully saturated rings. The van der Waals surface area contributed by atoms with Crippen LogP contribution in [0.25, 0.3) is 0 Å². The number of nitrogens with one attached hydrogen (secondary N) is 1. The molecule has 1 atom stereocenters. The number of carboxylic acid groups (broad SMARTS) is 1. The van der Waals surface area contributed by atoms with Gasteiger partial charge >= 0.3 is 12.1 Å². The topological polar surface area (TPSA) is 104 Å². The van der Waals surface area contributed by atoms with E-state index in [-0.39, 0.29) is 24.0 Å². The highest BCUT2D eigenvalue weighted by molar-refractivity contribution is 7.94. The molecule has 30 heavy (non-hydrogen) atoms. The quantitative estimate of drug-likeness (QED) is 0.715. The second-order valence-corrected chi connectivity index (χ2v) is 8.93. The number of anilines is 1. The summed E-state index contributed by atoms with van der Waals surface area (Å²) >= 11 is 0. The van der Waals surface area contributed by atoms with Crippen LogP contribution in [0.4, 0.5) is 18.9 Å². The molecule has 11 heteroatoms. The highest BCUT2D eigenvalue weighted by Gasteiger charge is 2.38. The molecule has 7 nitrogen and oxygen atoms in total. The van der Waals surface area contributed by atoms with E-state index in [1.807, 2.05) is 6.07 Å². The molecule has 2 aliphatic rings. The number of allylic oxidation sites excluding steroid dienone is 1. The van der Waals surface area contributed by atoms with Gasteiger partial charge in [0, 0.05) is 43.1 Å². The van der Waals surface area contributed by atoms with Gasteiger partial charge in [0.05, 0.1) is 5.75 Å². The van der Waals surface area contributed by atoms with Crippen LogP contribution in [0, 0.1) is 5.92 Å². The molecule has 0 radical (unpaired) electrons. The van der Waals surface area contributed by atoms with Crippen LogP contribution in [0.3, 0.4) is 0 Å². The average Bonchev–Trinajstić information content (AvgIpc) is 3.00. The van der Waals surface area contributed by atoms with Gasteiger partial charge in [-0.25, -0.2) is 13.2 Å². The molecule has 1 unspecified atom stereocenters. The number of hydrogen-bond acceptors (Lipinski definition) is 5. The maximum Gasteiger partial charge on any atom is 0.490 e. The number of carbonyl (C=O) groups excluding carboxylic acids is 1. The molecule has 2 heterocycles. The average molecular weight is 448 g/mol. The third-order valence-corrected chi connectivity index (χ3v) is 6.07. The summed E-state index contributed by atoms with van der Waals surface area (Å²) in [5.41, 5.74) is 2.63. The van der Waals surface area contributed by atoms with Crippen molar-refractivity contribution in [3.05, 3.63) is 41.3 Å². The second kappa shape index (κ2) is 9.96. The van der Waals surface area contributed by atoms with Crippen molar-refractivity contribution in [2.24, 2.45) is 5.92 Å². The fourth-order valence-electron chi connectivity index (χ4n) is 3.25. The Morgan fingerprint density at radius 2 is 1.90 bits per heavy atom. The van der Waals surface area contributed by atoms with Gasteiger partial charge in [-0.2, -0.15) is 13.2 Å². The van der Waals surface area contributed by atoms with Crippen LogP contribution < -0.4 is 10.2 Å². The standard InChI is InChI=1S/C17H22N2O3S.C2HF3O2/c20-17(12-14-7-11-23(21,22)13-14)18-8-10-19-9-3-5-15-4-1-2-6-16(15)19;3-2(4,5)1(6)7/h1-2,4,6-7,11,14H,3,5,8-10,12-13H2,(H,18,20);(H,6,7). The highest BCUT2D eigenvalue weighted by Crippen LogP contribution is 2.26. The molecule has 0 saturated heterocycles. The first kappa shape index (κ1) is 23.7. The molecular weight excluding hydrogens is 425 g/mol. The van der Waals surface area contributed by atoms with E-state index in [0.29, 0.717) is 6.54 Å². The van der Waals surface area contributed by atoms with Crippen LogP contribution in [-0.2, 0) is 25.8 Å². The summed E-state index contributed by atoms with van der Waals surface area (Å²) in [4.78, 5) is 23.1. The summed E-state index contributed by atoms with van der Waals surface area (Å²) in [6.45, 7) is 2.37. The normalized spacial score (nSPS) is 19.4. The minimum Gasteiger partial charge on any atom is -0.475 e. The number of nitrogens with zero attached hydrogens (tertiary/aromatic N) is 1. The number of benzene rings is 1. The van der Waals surface area contributed by atoms with E-state index in [1.54, 1.807) is 6.08 Å². The van der Waals surface area contributed by atoms with Crippen molar-refractivity contribution in [3.63, 3.8) is 0 Å². The highest BCUT2D eigenvalue weighted by atomic mass is 32.2. The van der Waals surface area contributed by atoms with Crippen LogP contribution in [0.2, 0.25) is 0 Å². The molecule has 0 bridgehead atoms. The Morgan fingerprint density at radius 3 is 2.50 bits per heavy atom. The predicted octanol–water partition coefficient (Wildman–Crippen LogP) is 2.14. The summed E-state index contributed by atoms with van der Waals surface area (Å²) in [7, 11) is -3.08. The molecular formula is C19H23F3N2O5S. The van der Waals surface area contributed by atoms with E-state index in [4.69, 9.17) is 9.90 Å². The largest absolute Gasteiger partial charge is 0.490 e. The molecule has 0 saturated carbocycles. The van der Waals surface area contributed by atoms with E-state index in [0.717, 1.165) is 25.9 Å². The van der Waals surface area contributed by atoms with Crippen molar-refractivity contribution in [2.45, 2.75) is 25.4 Å². The second-order valence-electron chi connectivity index (χ2n) is 6.99. The summed E-state index contributed by atoms with van der Waals surface area (Å²) in [5, 5.41) is 11.2. The first-order valence-corrected chi connectivity index (χ1v) is 11.0. The van der Waals surface area contributed by atoms with Crippen molar-refractivity contribution in [2.75, 3.05) is 30.3 Å². The Balaban J connectivity index is 0.000000396. The summed E-state index contributed by atoms with van der Waals surface area (Å²) < 4.78 is 54.4. The number of para-hydroxylation sites is 1. The maximum absolute atomic E-state index is 11.9. The van der Waals surface area contributed by atoms with Gasteiger partial charge in [-0.1, -0.05) is 24.3 Å². The van der Waals surface area contributed by atoms with E-state index in [2.05, 4.69) is 28.4 Å². The maximum atomic E-state index is 11.9. The van der Waals surface area contributed by atoms with Gasteiger partial charge in [-0.05, 0) is 24.5 Å². The lowest BCUT2D eigenvalue weighted by molar-refractivity contribution is -0.192. The van der Waals surface area contributed by atoms with Crippen molar-refractivity contribution in [1.82, 2.24) is 5.32 Å². The summed E-state index contributed by atoms with van der Waals surface area (Å²) in [6, 6.07) is 8.40. The lowest BCUT2D eigenvalue weighted by atomic mass is 10.0. The molecule has 3 rings (SSSR count). The van der Waals surface area contributed by atoms with Gasteiger partial charge in [-0.3, -0.25) is 4.79 Å². The Morgan fingerprint density at radius 1 is 1.23 bits per heavy atom. The number of halogens is 3. The van der Waals surface area contributed by atoms with Crippen LogP contribution in [-0.4, -0.2) is 57.0 Å². The van der Waals surface area contributed by atoms with Crippen molar-refractivity contribution >= 4 is 27.4 Å². The van der Waals surface area contributed by atoms with E-state index in [1.165, 1.54) is 16.7 Å². The van der Waals surface area contributed by atoms with Crippen molar-refractivity contribution in [3.8, 4) is 0 Å². The summed E-state index contributed by atoms with van der Waals surface area (Å²) in [5.74, 6) is -2.97. The van der Waals surface area contributed by atoms with Gasteiger partial charge in [0.2, 0.25) is 5.91 Å². The third-order valence-electron chi connectivity index (χ3n) is 4.60. The molecule has 1 aromatic rings. The number of carbonyl (C=O) groups is 2. The van der Waals surface area contributed by atoms with Crippen LogP contribution in [0.5, 0.6) is 0 Å². The summed E-state index contributed by atoms with van der Waals surface area (Å²) in [6.07, 6.45) is -0.973. The molecule has 2 N–H and O–H groups in total. The van der Waals surface area contributed by atoms with Gasteiger partial charge < -0.3 is 15.3 Å². The SMILES string of the molecule is O=C(CC1C=CS(=O)(=O)C1)NCCN1CCCc2ccccc21.O=C(O)C(F)(F)F. The third kappa shape index (κ3) is 7.36. The first-order valence-electron chi connectivity index (χ1n) is 9.28. The number of fused-ring (bicyclic) bond motifs is 1. The molecule has 1 aromatic carbocycles. The zero-order valence-electron chi connectivity index (χ0n) is 16.1. The number of sulfone groups is 1. The molecule has 166 valence electrons. The number of hydrogen-bond donors (Lipinski definition) is 2. The van der Waals surface area contributed by atoms with E-state index >= 15 is 0 Å². The van der Waals surface area contributed by atoms with Gasteiger partial charge in [0.15, 0.2) is 9.84 Å². The number of amides is 1. The van der Waals surface area contributed by atoms with E-state index in [9.17, 15) is 26.4 Å². The Hall–Kier alpha value is -2.56. The zero-order chi connectivity index (χ0) is 22.4.